The molecule has 0 aromatic carbocycles. The molecule has 0 aliphatic heterocycles. The van der Waals surface area contributed by atoms with Crippen LogP contribution in [0.4, 0.5) is 5.95 Å². The van der Waals surface area contributed by atoms with Crippen LogP contribution >= 0.6 is 9.90 Å². The van der Waals surface area contributed by atoms with Crippen LogP contribution in [0.25, 0.3) is 0 Å². The van der Waals surface area contributed by atoms with Gasteiger partial charge >= 0.3 is 0 Å². The molecule has 0 spiro atoms. The number of nitrogens with zero attached hydrogens (tertiary/aromatic N) is 2. The average molecular weight is 147 g/mol. The Balaban J connectivity index is 0.000000640. The molecule has 0 saturated carbocycles. The molecule has 0 aliphatic rings. The van der Waals surface area contributed by atoms with E-state index in [1.54, 1.807) is 7.05 Å². The fourth-order valence-corrected chi connectivity index (χ4v) is 0.464. The van der Waals surface area contributed by atoms with E-state index < -0.39 is 0 Å². The van der Waals surface area contributed by atoms with Crippen molar-refractivity contribution in [2.45, 2.75) is 0 Å². The molecule has 1 heterocycles. The lowest BCUT2D eigenvalue weighted by molar-refractivity contribution is 0.456. The number of nitrogens with two attached hydrogens (primary N) is 1. The third-order valence-corrected chi connectivity index (χ3v) is 0.900. The van der Waals surface area contributed by atoms with Crippen LogP contribution in [0.5, 0.6) is 5.88 Å². The van der Waals surface area contributed by atoms with Crippen molar-refractivity contribution in [3.05, 3.63) is 6.20 Å². The largest absolute Gasteiger partial charge is 0.492 e. The Morgan fingerprint density at radius 1 is 1.78 bits per heavy atom. The van der Waals surface area contributed by atoms with E-state index in [2.05, 4.69) is 4.98 Å². The summed E-state index contributed by atoms with van der Waals surface area (Å²) < 4.78 is 1.54. The van der Waals surface area contributed by atoms with E-state index in [0.717, 1.165) is 0 Å². The molecular formula is C4H10N3OP. The van der Waals surface area contributed by atoms with Gasteiger partial charge in [0.15, 0.2) is 0 Å². The smallest absolute Gasteiger partial charge is 0.230 e. The molecule has 52 valence electrons. The zero-order valence-electron chi connectivity index (χ0n) is 5.20. The Morgan fingerprint density at radius 2 is 2.33 bits per heavy atom. The molecule has 1 unspecified atom stereocenters. The molecule has 9 heavy (non-hydrogen) atoms. The quantitative estimate of drug-likeness (QED) is 0.498. The van der Waals surface area contributed by atoms with E-state index in [1.165, 1.54) is 10.8 Å². The monoisotopic (exact) mass is 147 g/mol. The minimum Gasteiger partial charge on any atom is -0.492 e. The lowest BCUT2D eigenvalue weighted by atomic mass is 10.8. The SMILES string of the molecule is Cn1cc(O)nc1N.P. The second kappa shape index (κ2) is 2.69. The molecule has 1 aromatic heterocycles. The molecule has 0 fully saturated rings. The Morgan fingerprint density at radius 3 is 2.44 bits per heavy atom. The normalized spacial score (nSPS) is 8.56. The number of hydrogen-bond donors (Lipinski definition) is 2. The topological polar surface area (TPSA) is 64.1 Å². The highest BCUT2D eigenvalue weighted by Crippen LogP contribution is 2.06. The maximum absolute atomic E-state index is 8.62. The highest BCUT2D eigenvalue weighted by atomic mass is 31.0. The van der Waals surface area contributed by atoms with Gasteiger partial charge < -0.3 is 15.4 Å². The van der Waals surface area contributed by atoms with Crippen LogP contribution in [0, 0.1) is 0 Å². The molecule has 0 bridgehead atoms. The summed E-state index contributed by atoms with van der Waals surface area (Å²) in [7, 11) is 1.71. The maximum atomic E-state index is 8.62. The fraction of sp³-hybridized carbons (Fsp3) is 0.250. The number of imidazole rings is 1. The van der Waals surface area contributed by atoms with Crippen molar-refractivity contribution in [1.29, 1.82) is 0 Å². The van der Waals surface area contributed by atoms with Gasteiger partial charge in [0.1, 0.15) is 0 Å². The third kappa shape index (κ3) is 1.57. The first-order chi connectivity index (χ1) is 3.70. The summed E-state index contributed by atoms with van der Waals surface area (Å²) >= 11 is 0. The van der Waals surface area contributed by atoms with Gasteiger partial charge in [0.05, 0.1) is 6.20 Å². The van der Waals surface area contributed by atoms with Gasteiger partial charge in [0.25, 0.3) is 0 Å². The lowest BCUT2D eigenvalue weighted by Crippen LogP contribution is -1.94. The molecule has 0 amide bonds. The van der Waals surface area contributed by atoms with Crippen molar-refractivity contribution < 1.29 is 5.11 Å². The van der Waals surface area contributed by atoms with Crippen LogP contribution in [0.15, 0.2) is 6.20 Å². The number of hydrogen-bond acceptors (Lipinski definition) is 3. The van der Waals surface area contributed by atoms with Crippen LogP contribution in [-0.4, -0.2) is 14.7 Å². The first-order valence-electron chi connectivity index (χ1n) is 2.18. The summed E-state index contributed by atoms with van der Waals surface area (Å²) in [5.41, 5.74) is 5.23. The number of rotatable bonds is 0. The lowest BCUT2D eigenvalue weighted by Gasteiger charge is -1.86. The first kappa shape index (κ1) is 8.24. The van der Waals surface area contributed by atoms with E-state index in [0.29, 0.717) is 5.95 Å². The Hall–Kier alpha value is -0.760. The standard InChI is InChI=1S/C4H7N3O.H3P/c1-7-2-3(8)6-4(7)5;/h2,8H,1H3,(H2,5,6);1H3. The van der Waals surface area contributed by atoms with Gasteiger partial charge in [-0.15, -0.1) is 0 Å². The third-order valence-electron chi connectivity index (χ3n) is 0.900. The van der Waals surface area contributed by atoms with Gasteiger partial charge in [-0.25, -0.2) is 0 Å². The first-order valence-corrected chi connectivity index (χ1v) is 2.18. The predicted molar refractivity (Wildman–Crippen MR) is 40.4 cm³/mol. The van der Waals surface area contributed by atoms with E-state index >= 15 is 0 Å². The summed E-state index contributed by atoms with van der Waals surface area (Å²) in [4.78, 5) is 3.51. The van der Waals surface area contributed by atoms with Gasteiger partial charge in [0, 0.05) is 7.05 Å². The molecule has 4 nitrogen and oxygen atoms in total. The highest BCUT2D eigenvalue weighted by molar-refractivity contribution is 6.92. The Labute approximate surface area is 56.3 Å². The fourth-order valence-electron chi connectivity index (χ4n) is 0.464. The molecule has 0 aliphatic carbocycles. The van der Waals surface area contributed by atoms with Crippen LogP contribution in [-0.2, 0) is 7.05 Å². The number of anilines is 1. The second-order valence-electron chi connectivity index (χ2n) is 1.57. The van der Waals surface area contributed by atoms with Crippen molar-refractivity contribution in [3.8, 4) is 5.88 Å². The van der Waals surface area contributed by atoms with Gasteiger partial charge in [-0.05, 0) is 0 Å². The number of aromatic hydroxyl groups is 1. The van der Waals surface area contributed by atoms with Crippen molar-refractivity contribution in [1.82, 2.24) is 9.55 Å². The number of nitrogen functional groups attached to an aromatic ring is 1. The van der Waals surface area contributed by atoms with Gasteiger partial charge in [0.2, 0.25) is 11.8 Å². The number of aryl methyl sites for hydroxylation is 1. The molecular weight excluding hydrogens is 137 g/mol. The zero-order chi connectivity index (χ0) is 6.15. The minimum atomic E-state index is -0.0370. The van der Waals surface area contributed by atoms with Crippen molar-refractivity contribution in [3.63, 3.8) is 0 Å². The summed E-state index contributed by atoms with van der Waals surface area (Å²) in [5.74, 6) is 0.285. The summed E-state index contributed by atoms with van der Waals surface area (Å²) in [6, 6.07) is 0. The van der Waals surface area contributed by atoms with Crippen LogP contribution < -0.4 is 5.73 Å². The highest BCUT2D eigenvalue weighted by Gasteiger charge is 1.95. The van der Waals surface area contributed by atoms with Crippen molar-refractivity contribution >= 4 is 15.8 Å². The van der Waals surface area contributed by atoms with Crippen LogP contribution in [0.1, 0.15) is 0 Å². The van der Waals surface area contributed by atoms with Crippen molar-refractivity contribution in [2.75, 3.05) is 5.73 Å². The van der Waals surface area contributed by atoms with Gasteiger partial charge in [-0.3, -0.25) is 0 Å². The zero-order valence-corrected chi connectivity index (χ0v) is 6.62. The minimum absolute atomic E-state index is 0. The molecule has 0 radical (unpaired) electrons. The van der Waals surface area contributed by atoms with E-state index in [-0.39, 0.29) is 15.8 Å². The Bertz CT molecular complexity index is 178. The van der Waals surface area contributed by atoms with E-state index in [1.807, 2.05) is 0 Å². The molecule has 1 rings (SSSR count). The number of aromatic nitrogens is 2. The molecule has 1 atom stereocenters. The summed E-state index contributed by atoms with van der Waals surface area (Å²) in [6.07, 6.45) is 1.44. The summed E-state index contributed by atoms with van der Waals surface area (Å²) in [5, 5.41) is 8.62. The van der Waals surface area contributed by atoms with Gasteiger partial charge in [-0.1, -0.05) is 0 Å². The Kier molecular flexibility index (Phi) is 2.46. The molecule has 1 aromatic rings. The van der Waals surface area contributed by atoms with E-state index in [4.69, 9.17) is 10.8 Å². The van der Waals surface area contributed by atoms with Crippen LogP contribution in [0.2, 0.25) is 0 Å². The van der Waals surface area contributed by atoms with Gasteiger partial charge in [-0.2, -0.15) is 14.9 Å². The average Bonchev–Trinajstić information content (AvgIpc) is 1.85. The summed E-state index contributed by atoms with van der Waals surface area (Å²) in [6.45, 7) is 0. The molecule has 5 heteroatoms. The molecule has 0 saturated heterocycles. The van der Waals surface area contributed by atoms with Crippen LogP contribution in [0.3, 0.4) is 0 Å². The van der Waals surface area contributed by atoms with Crippen molar-refractivity contribution in [2.24, 2.45) is 7.05 Å². The molecule has 3 N–H and O–H groups in total. The maximum Gasteiger partial charge on any atom is 0.230 e. The second-order valence-corrected chi connectivity index (χ2v) is 1.57. The predicted octanol–water partition coefficient (Wildman–Crippen LogP) is -0.234. The van der Waals surface area contributed by atoms with E-state index in [9.17, 15) is 0 Å².